The number of aliphatic carboxylic acids is 1. The molecule has 2 unspecified atom stereocenters. The van der Waals surface area contributed by atoms with Crippen molar-refractivity contribution in [2.24, 2.45) is 0 Å². The molecule has 3 rings (SSSR count). The Morgan fingerprint density at radius 3 is 2.56 bits per heavy atom. The first-order valence-electron chi connectivity index (χ1n) is 8.10. The Morgan fingerprint density at radius 2 is 1.88 bits per heavy atom. The van der Waals surface area contributed by atoms with Gasteiger partial charge in [-0.15, -0.1) is 0 Å². The number of carboxylic acids is 1. The van der Waals surface area contributed by atoms with Gasteiger partial charge in [-0.3, -0.25) is 9.69 Å². The van der Waals surface area contributed by atoms with Crippen LogP contribution in [0.15, 0.2) is 48.5 Å². The number of rotatable bonds is 3. The molecule has 0 aromatic heterocycles. The number of urea groups is 1. The van der Waals surface area contributed by atoms with Crippen LogP contribution >= 0.6 is 0 Å². The van der Waals surface area contributed by atoms with Gasteiger partial charge in [0.2, 0.25) is 0 Å². The lowest BCUT2D eigenvalue weighted by Gasteiger charge is -2.37. The quantitative estimate of drug-likeness (QED) is 0.897. The number of para-hydroxylation sites is 1. The second-order valence-electron chi connectivity index (χ2n) is 6.19. The molecule has 2 aromatic carbocycles. The molecule has 0 bridgehead atoms. The smallest absolute Gasteiger partial charge is 0.322 e. The molecule has 2 aromatic rings. The zero-order valence-corrected chi connectivity index (χ0v) is 13.8. The number of carbonyl (C=O) groups is 2. The Balaban J connectivity index is 1.80. The largest absolute Gasteiger partial charge is 0.481 e. The fraction of sp³-hybridized carbons (Fsp3) is 0.263. The summed E-state index contributed by atoms with van der Waals surface area (Å²) in [5, 5.41) is 12.3. The van der Waals surface area contributed by atoms with Crippen LogP contribution in [0.1, 0.15) is 30.4 Å². The van der Waals surface area contributed by atoms with Crippen LogP contribution < -0.4 is 10.2 Å². The van der Waals surface area contributed by atoms with Gasteiger partial charge in [-0.25, -0.2) is 9.18 Å². The molecule has 0 saturated carbocycles. The summed E-state index contributed by atoms with van der Waals surface area (Å²) in [6.07, 6.45) is 0.357. The lowest BCUT2D eigenvalue weighted by atomic mass is 9.86. The SMILES string of the molecule is CC1CC(C(=O)O)c2ccccc2N1C(=O)NCc1ccc(F)cc1. The van der Waals surface area contributed by atoms with Crippen molar-refractivity contribution >= 4 is 17.7 Å². The van der Waals surface area contributed by atoms with Crippen molar-refractivity contribution in [1.82, 2.24) is 5.32 Å². The maximum absolute atomic E-state index is 13.0. The van der Waals surface area contributed by atoms with Gasteiger partial charge in [-0.05, 0) is 42.7 Å². The van der Waals surface area contributed by atoms with Crippen molar-refractivity contribution < 1.29 is 19.1 Å². The molecule has 5 nitrogen and oxygen atoms in total. The molecule has 2 atom stereocenters. The van der Waals surface area contributed by atoms with Gasteiger partial charge in [0.05, 0.1) is 5.92 Å². The van der Waals surface area contributed by atoms with Crippen molar-refractivity contribution in [3.05, 3.63) is 65.5 Å². The molecule has 2 amide bonds. The van der Waals surface area contributed by atoms with Gasteiger partial charge in [0.15, 0.2) is 0 Å². The van der Waals surface area contributed by atoms with E-state index >= 15 is 0 Å². The maximum atomic E-state index is 13.0. The van der Waals surface area contributed by atoms with Crippen molar-refractivity contribution in [1.29, 1.82) is 0 Å². The average molecular weight is 342 g/mol. The molecule has 1 heterocycles. The second-order valence-corrected chi connectivity index (χ2v) is 6.19. The zero-order valence-electron chi connectivity index (χ0n) is 13.8. The molecule has 0 spiro atoms. The topological polar surface area (TPSA) is 69.6 Å². The van der Waals surface area contributed by atoms with E-state index in [2.05, 4.69) is 5.32 Å². The highest BCUT2D eigenvalue weighted by Gasteiger charge is 2.36. The van der Waals surface area contributed by atoms with Crippen molar-refractivity contribution in [3.8, 4) is 0 Å². The second kappa shape index (κ2) is 6.93. The minimum absolute atomic E-state index is 0.246. The van der Waals surface area contributed by atoms with Crippen LogP contribution in [0.4, 0.5) is 14.9 Å². The van der Waals surface area contributed by atoms with Gasteiger partial charge >= 0.3 is 12.0 Å². The molecule has 1 aliphatic heterocycles. The molecule has 0 fully saturated rings. The average Bonchev–Trinajstić information content (AvgIpc) is 2.60. The molecular formula is C19H19FN2O3. The predicted molar refractivity (Wildman–Crippen MR) is 92.0 cm³/mol. The van der Waals surface area contributed by atoms with Crippen LogP contribution in [0.3, 0.4) is 0 Å². The number of nitrogens with zero attached hydrogens (tertiary/aromatic N) is 1. The summed E-state index contributed by atoms with van der Waals surface area (Å²) in [4.78, 5) is 25.8. The van der Waals surface area contributed by atoms with Crippen LogP contribution in [0.5, 0.6) is 0 Å². The van der Waals surface area contributed by atoms with Gasteiger partial charge in [-0.1, -0.05) is 30.3 Å². The Hall–Kier alpha value is -2.89. The lowest BCUT2D eigenvalue weighted by Crippen LogP contribution is -2.48. The summed E-state index contributed by atoms with van der Waals surface area (Å²) < 4.78 is 13.0. The Bertz CT molecular complexity index is 792. The number of hydrogen-bond acceptors (Lipinski definition) is 2. The number of amides is 2. The predicted octanol–water partition coefficient (Wildman–Crippen LogP) is 3.50. The highest BCUT2D eigenvalue weighted by Crippen LogP contribution is 2.38. The van der Waals surface area contributed by atoms with E-state index in [9.17, 15) is 19.1 Å². The van der Waals surface area contributed by atoms with E-state index in [1.807, 2.05) is 6.92 Å². The molecule has 1 aliphatic rings. The Kier molecular flexibility index (Phi) is 4.70. The molecule has 0 aliphatic carbocycles. The normalized spacial score (nSPS) is 19.2. The van der Waals surface area contributed by atoms with E-state index in [4.69, 9.17) is 0 Å². The number of hydrogen-bond donors (Lipinski definition) is 2. The highest BCUT2D eigenvalue weighted by atomic mass is 19.1. The van der Waals surface area contributed by atoms with Crippen LogP contribution in [0, 0.1) is 5.82 Å². The van der Waals surface area contributed by atoms with E-state index < -0.39 is 11.9 Å². The summed E-state index contributed by atoms with van der Waals surface area (Å²) in [6.45, 7) is 2.11. The molecule has 25 heavy (non-hydrogen) atoms. The first-order valence-corrected chi connectivity index (χ1v) is 8.10. The number of fused-ring (bicyclic) bond motifs is 1. The molecule has 0 radical (unpaired) electrons. The standard InChI is InChI=1S/C19H19FN2O3/c1-12-10-16(18(23)24)15-4-2-3-5-17(15)22(12)19(25)21-11-13-6-8-14(20)9-7-13/h2-9,12,16H,10-11H2,1H3,(H,21,25)(H,23,24). The van der Waals surface area contributed by atoms with Crippen molar-refractivity contribution in [2.75, 3.05) is 4.90 Å². The summed E-state index contributed by atoms with van der Waals surface area (Å²) >= 11 is 0. The van der Waals surface area contributed by atoms with Crippen LogP contribution in [-0.4, -0.2) is 23.1 Å². The van der Waals surface area contributed by atoms with E-state index in [1.54, 1.807) is 41.3 Å². The van der Waals surface area contributed by atoms with Crippen LogP contribution in [0.2, 0.25) is 0 Å². The van der Waals surface area contributed by atoms with Gasteiger partial charge in [0.25, 0.3) is 0 Å². The first-order chi connectivity index (χ1) is 12.0. The highest BCUT2D eigenvalue weighted by molar-refractivity contribution is 5.96. The number of anilines is 1. The lowest BCUT2D eigenvalue weighted by molar-refractivity contribution is -0.139. The van der Waals surface area contributed by atoms with Gasteiger partial charge in [0, 0.05) is 18.3 Å². The van der Waals surface area contributed by atoms with E-state index in [0.717, 1.165) is 5.56 Å². The number of benzene rings is 2. The van der Waals surface area contributed by atoms with Crippen LogP contribution in [-0.2, 0) is 11.3 Å². The third-order valence-corrected chi connectivity index (χ3v) is 4.46. The number of halogens is 1. The zero-order chi connectivity index (χ0) is 18.0. The fourth-order valence-corrected chi connectivity index (χ4v) is 3.22. The monoisotopic (exact) mass is 342 g/mol. The number of carboxylic acid groups (broad SMARTS) is 1. The molecule has 0 saturated heterocycles. The number of carbonyl (C=O) groups excluding carboxylic acids is 1. The minimum atomic E-state index is -0.884. The Labute approximate surface area is 145 Å². The maximum Gasteiger partial charge on any atom is 0.322 e. The van der Waals surface area contributed by atoms with Gasteiger partial charge < -0.3 is 10.4 Å². The van der Waals surface area contributed by atoms with Crippen LogP contribution in [0.25, 0.3) is 0 Å². The fourth-order valence-electron chi connectivity index (χ4n) is 3.22. The van der Waals surface area contributed by atoms with E-state index in [0.29, 0.717) is 17.7 Å². The van der Waals surface area contributed by atoms with Gasteiger partial charge in [-0.2, -0.15) is 0 Å². The summed E-state index contributed by atoms with van der Waals surface area (Å²) in [6, 6.07) is 12.5. The summed E-state index contributed by atoms with van der Waals surface area (Å²) in [7, 11) is 0. The molecule has 2 N–H and O–H groups in total. The summed E-state index contributed by atoms with van der Waals surface area (Å²) in [5.41, 5.74) is 2.05. The third-order valence-electron chi connectivity index (χ3n) is 4.46. The molecular weight excluding hydrogens is 323 g/mol. The molecule has 6 heteroatoms. The van der Waals surface area contributed by atoms with E-state index in [-0.39, 0.29) is 24.4 Å². The van der Waals surface area contributed by atoms with E-state index in [1.165, 1.54) is 12.1 Å². The number of nitrogens with one attached hydrogen (secondary N) is 1. The van der Waals surface area contributed by atoms with Crippen molar-refractivity contribution in [3.63, 3.8) is 0 Å². The Morgan fingerprint density at radius 1 is 1.20 bits per heavy atom. The minimum Gasteiger partial charge on any atom is -0.481 e. The van der Waals surface area contributed by atoms with Crippen molar-refractivity contribution in [2.45, 2.75) is 31.8 Å². The third kappa shape index (κ3) is 3.47. The first kappa shape index (κ1) is 17.0. The molecule has 130 valence electrons. The summed E-state index contributed by atoms with van der Waals surface area (Å²) in [5.74, 6) is -1.83. The van der Waals surface area contributed by atoms with Gasteiger partial charge in [0.1, 0.15) is 5.82 Å².